The van der Waals surface area contributed by atoms with Gasteiger partial charge in [0.25, 0.3) is 0 Å². The number of likely N-dealkylation sites (N-methyl/N-ethyl adjacent to an activating group) is 1. The summed E-state index contributed by atoms with van der Waals surface area (Å²) in [5.74, 6) is 0.770. The molecule has 6 heteroatoms. The van der Waals surface area contributed by atoms with Crippen LogP contribution in [0.2, 0.25) is 0 Å². The van der Waals surface area contributed by atoms with E-state index in [1.165, 1.54) is 0 Å². The van der Waals surface area contributed by atoms with Gasteiger partial charge in [-0.05, 0) is 20.0 Å². The molecule has 0 fully saturated rings. The Balaban J connectivity index is 2.89. The van der Waals surface area contributed by atoms with Crippen molar-refractivity contribution in [1.82, 2.24) is 14.7 Å². The lowest BCUT2D eigenvalue weighted by atomic mass is 9.98. The summed E-state index contributed by atoms with van der Waals surface area (Å²) < 4.78 is 6.94. The Bertz CT molecular complexity index is 440. The summed E-state index contributed by atoms with van der Waals surface area (Å²) >= 11 is 0. The second-order valence-corrected chi connectivity index (χ2v) is 5.62. The van der Waals surface area contributed by atoms with E-state index in [2.05, 4.69) is 5.10 Å². The smallest absolute Gasteiger partial charge is 0.186 e. The van der Waals surface area contributed by atoms with Crippen LogP contribution in [0.3, 0.4) is 0 Å². The third-order valence-electron chi connectivity index (χ3n) is 3.33. The molecule has 0 saturated heterocycles. The molecule has 0 spiro atoms. The average molecular weight is 282 g/mol. The first-order valence-electron chi connectivity index (χ1n) is 6.90. The van der Waals surface area contributed by atoms with Crippen LogP contribution < -0.4 is 10.5 Å². The Morgan fingerprint density at radius 1 is 1.50 bits per heavy atom. The number of carbonyl (C=O) groups is 1. The summed E-state index contributed by atoms with van der Waals surface area (Å²) in [7, 11) is 5.51. The molecule has 1 heterocycles. The predicted molar refractivity (Wildman–Crippen MR) is 79.1 cm³/mol. The van der Waals surface area contributed by atoms with Crippen LogP contribution in [0, 0.1) is 5.92 Å². The maximum Gasteiger partial charge on any atom is 0.186 e. The number of methoxy groups -OCH3 is 1. The monoisotopic (exact) mass is 282 g/mol. The zero-order valence-corrected chi connectivity index (χ0v) is 13.1. The molecule has 1 aromatic heterocycles. The Labute approximate surface area is 120 Å². The molecule has 0 bridgehead atoms. The number of rotatable bonds is 8. The molecule has 6 nitrogen and oxygen atoms in total. The van der Waals surface area contributed by atoms with Crippen molar-refractivity contribution in [1.29, 1.82) is 0 Å². The molecule has 0 saturated carbocycles. The Morgan fingerprint density at radius 3 is 2.65 bits per heavy atom. The standard InChI is InChI=1S/C14H26N4O2/c1-10(2)11(15)8-12(19)14-13(20-5)9-16-18(14)7-6-17(3)4/h9-11H,6-8,15H2,1-5H3. The molecule has 20 heavy (non-hydrogen) atoms. The highest BCUT2D eigenvalue weighted by Gasteiger charge is 2.22. The van der Waals surface area contributed by atoms with Crippen molar-refractivity contribution in [3.63, 3.8) is 0 Å². The highest BCUT2D eigenvalue weighted by molar-refractivity contribution is 5.97. The first kappa shape index (κ1) is 16.7. The molecule has 2 N–H and O–H groups in total. The van der Waals surface area contributed by atoms with Crippen molar-refractivity contribution < 1.29 is 9.53 Å². The van der Waals surface area contributed by atoms with Crippen molar-refractivity contribution in [2.75, 3.05) is 27.7 Å². The lowest BCUT2D eigenvalue weighted by Crippen LogP contribution is -2.30. The molecule has 114 valence electrons. The summed E-state index contributed by atoms with van der Waals surface area (Å²) in [4.78, 5) is 14.5. The fraction of sp³-hybridized carbons (Fsp3) is 0.714. The number of nitrogens with two attached hydrogens (primary N) is 1. The molecule has 0 radical (unpaired) electrons. The quantitative estimate of drug-likeness (QED) is 0.720. The fourth-order valence-electron chi connectivity index (χ4n) is 1.81. The van der Waals surface area contributed by atoms with Crippen LogP contribution in [0.15, 0.2) is 6.20 Å². The van der Waals surface area contributed by atoms with Gasteiger partial charge in [-0.1, -0.05) is 13.8 Å². The van der Waals surface area contributed by atoms with E-state index < -0.39 is 0 Å². The van der Waals surface area contributed by atoms with Gasteiger partial charge in [0.1, 0.15) is 5.69 Å². The van der Waals surface area contributed by atoms with E-state index in [0.717, 1.165) is 6.54 Å². The number of carbonyl (C=O) groups excluding carboxylic acids is 1. The van der Waals surface area contributed by atoms with Crippen LogP contribution in [-0.2, 0) is 6.54 Å². The minimum Gasteiger partial charge on any atom is -0.493 e. The minimum atomic E-state index is -0.149. The van der Waals surface area contributed by atoms with E-state index in [-0.39, 0.29) is 17.7 Å². The van der Waals surface area contributed by atoms with Gasteiger partial charge in [0.15, 0.2) is 11.5 Å². The molecule has 0 aliphatic heterocycles. The molecular weight excluding hydrogens is 256 g/mol. The zero-order chi connectivity index (χ0) is 15.3. The van der Waals surface area contributed by atoms with Crippen molar-refractivity contribution in [3.8, 4) is 5.75 Å². The molecule has 0 amide bonds. The van der Waals surface area contributed by atoms with E-state index >= 15 is 0 Å². The van der Waals surface area contributed by atoms with Gasteiger partial charge >= 0.3 is 0 Å². The first-order valence-corrected chi connectivity index (χ1v) is 6.90. The van der Waals surface area contributed by atoms with Crippen LogP contribution in [-0.4, -0.2) is 54.3 Å². The lowest BCUT2D eigenvalue weighted by Gasteiger charge is -2.16. The Morgan fingerprint density at radius 2 is 2.15 bits per heavy atom. The molecule has 0 aliphatic rings. The van der Waals surface area contributed by atoms with Gasteiger partial charge in [0.2, 0.25) is 0 Å². The average Bonchev–Trinajstić information content (AvgIpc) is 2.78. The van der Waals surface area contributed by atoms with Crippen molar-refractivity contribution in [2.45, 2.75) is 32.9 Å². The van der Waals surface area contributed by atoms with Crippen LogP contribution in [0.1, 0.15) is 30.8 Å². The molecule has 0 aliphatic carbocycles. The van der Waals surface area contributed by atoms with Gasteiger partial charge in [0, 0.05) is 19.0 Å². The van der Waals surface area contributed by atoms with Gasteiger partial charge in [0.05, 0.1) is 19.9 Å². The van der Waals surface area contributed by atoms with E-state index in [4.69, 9.17) is 10.5 Å². The molecule has 1 atom stereocenters. The summed E-state index contributed by atoms with van der Waals surface area (Å²) in [6, 6.07) is -0.149. The normalized spacial score (nSPS) is 13.0. The van der Waals surface area contributed by atoms with Gasteiger partial charge in [-0.15, -0.1) is 0 Å². The van der Waals surface area contributed by atoms with E-state index in [1.807, 2.05) is 32.8 Å². The third-order valence-corrected chi connectivity index (χ3v) is 3.33. The highest BCUT2D eigenvalue weighted by atomic mass is 16.5. The highest BCUT2D eigenvalue weighted by Crippen LogP contribution is 2.20. The van der Waals surface area contributed by atoms with Gasteiger partial charge in [-0.3, -0.25) is 9.48 Å². The zero-order valence-electron chi connectivity index (χ0n) is 13.1. The number of ether oxygens (including phenoxy) is 1. The number of nitrogens with zero attached hydrogens (tertiary/aromatic N) is 3. The number of aromatic nitrogens is 2. The number of ketones is 1. The van der Waals surface area contributed by atoms with Crippen LogP contribution in [0.5, 0.6) is 5.75 Å². The van der Waals surface area contributed by atoms with E-state index in [9.17, 15) is 4.79 Å². The van der Waals surface area contributed by atoms with Crippen LogP contribution in [0.4, 0.5) is 0 Å². The number of hydrogen-bond acceptors (Lipinski definition) is 5. The number of hydrogen-bond donors (Lipinski definition) is 1. The van der Waals surface area contributed by atoms with Crippen molar-refractivity contribution in [3.05, 3.63) is 11.9 Å². The van der Waals surface area contributed by atoms with Gasteiger partial charge < -0.3 is 15.4 Å². The predicted octanol–water partition coefficient (Wildman–Crippen LogP) is 1.01. The molecule has 1 unspecified atom stereocenters. The SMILES string of the molecule is COc1cnn(CCN(C)C)c1C(=O)CC(N)C(C)C. The van der Waals surface area contributed by atoms with E-state index in [0.29, 0.717) is 24.4 Å². The second-order valence-electron chi connectivity index (χ2n) is 5.62. The van der Waals surface area contributed by atoms with Crippen LogP contribution in [0.25, 0.3) is 0 Å². The Kier molecular flexibility index (Phi) is 6.16. The molecule has 1 rings (SSSR count). The Hall–Kier alpha value is -1.40. The maximum absolute atomic E-state index is 12.4. The van der Waals surface area contributed by atoms with Gasteiger partial charge in [-0.25, -0.2) is 0 Å². The maximum atomic E-state index is 12.4. The topological polar surface area (TPSA) is 73.4 Å². The summed E-state index contributed by atoms with van der Waals surface area (Å²) in [6.45, 7) is 5.48. The largest absolute Gasteiger partial charge is 0.493 e. The molecule has 1 aromatic rings. The van der Waals surface area contributed by atoms with Crippen molar-refractivity contribution in [2.24, 2.45) is 11.7 Å². The molecular formula is C14H26N4O2. The van der Waals surface area contributed by atoms with Gasteiger partial charge in [-0.2, -0.15) is 5.10 Å². The van der Waals surface area contributed by atoms with Crippen molar-refractivity contribution >= 4 is 5.78 Å². The minimum absolute atomic E-state index is 0.0145. The fourth-order valence-corrected chi connectivity index (χ4v) is 1.81. The lowest BCUT2D eigenvalue weighted by molar-refractivity contribution is 0.0953. The van der Waals surface area contributed by atoms with Crippen LogP contribution >= 0.6 is 0 Å². The summed E-state index contributed by atoms with van der Waals surface area (Å²) in [5, 5.41) is 4.24. The summed E-state index contributed by atoms with van der Waals surface area (Å²) in [6.07, 6.45) is 1.89. The third kappa shape index (κ3) is 4.31. The molecule has 0 aromatic carbocycles. The first-order chi connectivity index (χ1) is 9.36. The number of Topliss-reactive ketones (excluding diaryl/α,β-unsaturated/α-hetero) is 1. The summed E-state index contributed by atoms with van der Waals surface area (Å²) in [5.41, 5.74) is 6.51. The second kappa shape index (κ2) is 7.40. The van der Waals surface area contributed by atoms with E-state index in [1.54, 1.807) is 18.0 Å².